The summed E-state index contributed by atoms with van der Waals surface area (Å²) in [5.41, 5.74) is 8.19. The first kappa shape index (κ1) is 27.8. The molecule has 206 valence electrons. The summed E-state index contributed by atoms with van der Waals surface area (Å²) in [6, 6.07) is 16.0. The summed E-state index contributed by atoms with van der Waals surface area (Å²) >= 11 is 0. The third kappa shape index (κ3) is 6.46. The van der Waals surface area contributed by atoms with Gasteiger partial charge < -0.3 is 20.5 Å². The number of likely N-dealkylation sites (tertiary alicyclic amines) is 1. The van der Waals surface area contributed by atoms with Crippen LogP contribution in [0, 0.1) is 10.1 Å². The number of nitrogens with one attached hydrogen (secondary N) is 1. The molecule has 1 saturated heterocycles. The molecule has 39 heavy (non-hydrogen) atoms. The fourth-order valence-electron chi connectivity index (χ4n) is 5.14. The molecule has 2 unspecified atom stereocenters. The fraction of sp³-hybridized carbons (Fsp3) is 0.379. The number of dihydropyridines is 1. The van der Waals surface area contributed by atoms with Gasteiger partial charge in [0.25, 0.3) is 5.69 Å². The number of hydrogen-bond acceptors (Lipinski definition) is 9. The molecule has 2 aliphatic rings. The maximum atomic E-state index is 13.6. The van der Waals surface area contributed by atoms with Crippen LogP contribution in [-0.2, 0) is 25.6 Å². The van der Waals surface area contributed by atoms with Crippen LogP contribution in [0.25, 0.3) is 0 Å². The van der Waals surface area contributed by atoms with E-state index in [9.17, 15) is 19.7 Å². The van der Waals surface area contributed by atoms with Gasteiger partial charge in [0.15, 0.2) is 0 Å². The Kier molecular flexibility index (Phi) is 8.65. The number of nitrogens with zero attached hydrogens (tertiary/aromatic N) is 2. The Labute approximate surface area is 227 Å². The maximum Gasteiger partial charge on any atom is 0.338 e. The summed E-state index contributed by atoms with van der Waals surface area (Å²) in [4.78, 5) is 40.1. The van der Waals surface area contributed by atoms with Crippen LogP contribution in [0.2, 0.25) is 0 Å². The summed E-state index contributed by atoms with van der Waals surface area (Å²) in [5.74, 6) is -2.32. The standard InChI is InChI=1S/C29H34N4O6/c1-18(2)39-29(35)26-25(21-11-7-12-22(15-21)33(36)37)24(19(3)31-27(26)30)28(34)38-17-23-13-8-14-32(23)16-20-9-5-4-6-10-20/h4-7,9-12,15,18,23,25,31H,8,13-14,16-17,30H2,1-3H3. The molecule has 0 aromatic heterocycles. The molecule has 0 bridgehead atoms. The van der Waals surface area contributed by atoms with Crippen LogP contribution in [0.1, 0.15) is 50.7 Å². The number of nitro groups is 1. The van der Waals surface area contributed by atoms with Crippen molar-refractivity contribution in [3.8, 4) is 0 Å². The number of ether oxygens (including phenoxy) is 2. The molecule has 10 heteroatoms. The highest BCUT2D eigenvalue weighted by molar-refractivity contribution is 6.00. The van der Waals surface area contributed by atoms with E-state index in [4.69, 9.17) is 15.2 Å². The van der Waals surface area contributed by atoms with Gasteiger partial charge in [0.1, 0.15) is 12.4 Å². The van der Waals surface area contributed by atoms with Gasteiger partial charge in [-0.05, 0) is 51.3 Å². The largest absolute Gasteiger partial charge is 0.461 e. The van der Waals surface area contributed by atoms with Crippen LogP contribution >= 0.6 is 0 Å². The zero-order valence-corrected chi connectivity index (χ0v) is 22.4. The highest BCUT2D eigenvalue weighted by Crippen LogP contribution is 2.39. The van der Waals surface area contributed by atoms with Gasteiger partial charge in [-0.25, -0.2) is 9.59 Å². The first-order valence-corrected chi connectivity index (χ1v) is 13.0. The lowest BCUT2D eigenvalue weighted by atomic mass is 9.81. The van der Waals surface area contributed by atoms with Gasteiger partial charge in [0.2, 0.25) is 0 Å². The van der Waals surface area contributed by atoms with Crippen molar-refractivity contribution >= 4 is 17.6 Å². The molecule has 0 amide bonds. The molecule has 3 N–H and O–H groups in total. The van der Waals surface area contributed by atoms with Crippen molar-refractivity contribution in [1.82, 2.24) is 10.2 Å². The van der Waals surface area contributed by atoms with Crippen LogP contribution in [0.15, 0.2) is 77.3 Å². The van der Waals surface area contributed by atoms with E-state index >= 15 is 0 Å². The van der Waals surface area contributed by atoms with Gasteiger partial charge in [-0.3, -0.25) is 15.0 Å². The van der Waals surface area contributed by atoms with E-state index in [2.05, 4.69) is 22.3 Å². The number of rotatable bonds is 9. The zero-order valence-electron chi connectivity index (χ0n) is 22.4. The van der Waals surface area contributed by atoms with Crippen LogP contribution in [0.3, 0.4) is 0 Å². The molecule has 0 aliphatic carbocycles. The van der Waals surface area contributed by atoms with Crippen molar-refractivity contribution in [1.29, 1.82) is 0 Å². The van der Waals surface area contributed by atoms with E-state index in [0.29, 0.717) is 11.3 Å². The molecule has 2 heterocycles. The highest BCUT2D eigenvalue weighted by Gasteiger charge is 2.40. The molecule has 0 radical (unpaired) electrons. The maximum absolute atomic E-state index is 13.6. The summed E-state index contributed by atoms with van der Waals surface area (Å²) < 4.78 is 11.3. The number of hydrogen-bond donors (Lipinski definition) is 2. The molecular weight excluding hydrogens is 500 g/mol. The molecule has 2 aromatic rings. The third-order valence-electron chi connectivity index (χ3n) is 6.93. The number of benzene rings is 2. The molecule has 0 spiro atoms. The molecule has 1 fully saturated rings. The Balaban J connectivity index is 1.61. The lowest BCUT2D eigenvalue weighted by Gasteiger charge is -2.31. The lowest BCUT2D eigenvalue weighted by molar-refractivity contribution is -0.384. The van der Waals surface area contributed by atoms with E-state index < -0.39 is 28.9 Å². The normalized spacial score (nSPS) is 19.7. The topological polar surface area (TPSA) is 137 Å². The molecular formula is C29H34N4O6. The Morgan fingerprint density at radius 2 is 1.87 bits per heavy atom. The van der Waals surface area contributed by atoms with Gasteiger partial charge in [0, 0.05) is 30.4 Å². The zero-order chi connectivity index (χ0) is 28.1. The van der Waals surface area contributed by atoms with E-state index in [-0.39, 0.29) is 35.3 Å². The fourth-order valence-corrected chi connectivity index (χ4v) is 5.14. The summed E-state index contributed by atoms with van der Waals surface area (Å²) in [5, 5.41) is 14.4. The molecule has 2 aliphatic heterocycles. The van der Waals surface area contributed by atoms with Crippen molar-refractivity contribution in [2.45, 2.75) is 58.2 Å². The van der Waals surface area contributed by atoms with Crippen molar-refractivity contribution in [2.75, 3.05) is 13.2 Å². The summed E-state index contributed by atoms with van der Waals surface area (Å²) in [6.45, 7) is 6.90. The molecule has 2 atom stereocenters. The molecule has 2 aromatic carbocycles. The van der Waals surface area contributed by atoms with Crippen LogP contribution in [0.5, 0.6) is 0 Å². The number of allylic oxidation sites excluding steroid dienone is 1. The molecule has 4 rings (SSSR count). The highest BCUT2D eigenvalue weighted by atomic mass is 16.6. The average molecular weight is 535 g/mol. The van der Waals surface area contributed by atoms with E-state index in [0.717, 1.165) is 25.9 Å². The van der Waals surface area contributed by atoms with Gasteiger partial charge in [-0.1, -0.05) is 42.5 Å². The van der Waals surface area contributed by atoms with Crippen LogP contribution in [-0.4, -0.2) is 47.1 Å². The smallest absolute Gasteiger partial charge is 0.338 e. The lowest BCUT2D eigenvalue weighted by Crippen LogP contribution is -2.38. The second-order valence-electron chi connectivity index (χ2n) is 10.1. The van der Waals surface area contributed by atoms with Crippen molar-refractivity contribution in [2.24, 2.45) is 5.73 Å². The van der Waals surface area contributed by atoms with Crippen LogP contribution in [0.4, 0.5) is 5.69 Å². The summed E-state index contributed by atoms with van der Waals surface area (Å²) in [7, 11) is 0. The first-order valence-electron chi connectivity index (χ1n) is 13.0. The number of esters is 2. The van der Waals surface area contributed by atoms with Crippen molar-refractivity contribution < 1.29 is 24.0 Å². The SMILES string of the molecule is CC1=C(C(=O)OCC2CCCN2Cc2ccccc2)C(c2cccc([N+](=O)[O-])c2)C(C(=O)OC(C)C)=C(N)N1. The molecule has 10 nitrogen and oxygen atoms in total. The van der Waals surface area contributed by atoms with Crippen molar-refractivity contribution in [3.63, 3.8) is 0 Å². The second-order valence-corrected chi connectivity index (χ2v) is 10.1. The van der Waals surface area contributed by atoms with Gasteiger partial charge >= 0.3 is 11.9 Å². The average Bonchev–Trinajstić information content (AvgIpc) is 3.33. The predicted octanol–water partition coefficient (Wildman–Crippen LogP) is 3.89. The summed E-state index contributed by atoms with van der Waals surface area (Å²) in [6.07, 6.45) is 1.45. The van der Waals surface area contributed by atoms with Gasteiger partial charge in [-0.15, -0.1) is 0 Å². The molecule has 0 saturated carbocycles. The van der Waals surface area contributed by atoms with E-state index in [1.54, 1.807) is 26.8 Å². The third-order valence-corrected chi connectivity index (χ3v) is 6.93. The van der Waals surface area contributed by atoms with Gasteiger partial charge in [-0.2, -0.15) is 0 Å². The minimum Gasteiger partial charge on any atom is -0.461 e. The predicted molar refractivity (Wildman–Crippen MR) is 145 cm³/mol. The Bertz CT molecular complexity index is 1300. The van der Waals surface area contributed by atoms with Crippen molar-refractivity contribution in [3.05, 3.63) is 98.5 Å². The number of nitrogens with two attached hydrogens (primary N) is 1. The number of carbonyl (C=O) groups excluding carboxylic acids is 2. The van der Waals surface area contributed by atoms with Crippen LogP contribution < -0.4 is 11.1 Å². The van der Waals surface area contributed by atoms with E-state index in [1.807, 2.05) is 18.2 Å². The minimum absolute atomic E-state index is 0.00770. The quantitative estimate of drug-likeness (QED) is 0.279. The van der Waals surface area contributed by atoms with E-state index in [1.165, 1.54) is 23.8 Å². The minimum atomic E-state index is -1.01. The van der Waals surface area contributed by atoms with Gasteiger partial charge in [0.05, 0.1) is 28.1 Å². The Hall–Kier alpha value is -4.18. The Morgan fingerprint density at radius 1 is 1.13 bits per heavy atom. The number of non-ortho nitro benzene ring substituents is 1. The second kappa shape index (κ2) is 12.1. The monoisotopic (exact) mass is 534 g/mol. The first-order chi connectivity index (χ1) is 18.7. The number of carbonyl (C=O) groups is 2. The number of nitro benzene ring substituents is 1. The Morgan fingerprint density at radius 3 is 2.56 bits per heavy atom.